The predicted octanol–water partition coefficient (Wildman–Crippen LogP) is 1.77. The number of amides is 1. The molecule has 0 spiro atoms. The maximum Gasteiger partial charge on any atom is 0.260 e. The molecule has 0 aliphatic carbocycles. The molecule has 1 fully saturated rings. The van der Waals surface area contributed by atoms with E-state index in [1.807, 2.05) is 0 Å². The first-order chi connectivity index (χ1) is 16.8. The van der Waals surface area contributed by atoms with E-state index in [1.54, 1.807) is 0 Å². The van der Waals surface area contributed by atoms with E-state index in [0.717, 1.165) is 6.07 Å². The minimum Gasteiger partial charge on any atom is -0.494 e. The van der Waals surface area contributed by atoms with Crippen molar-refractivity contribution in [1.82, 2.24) is 19.9 Å². The molecular formula is C23H23F2N5O5. The second kappa shape index (κ2) is 9.66. The fourth-order valence-electron chi connectivity index (χ4n) is 3.86. The van der Waals surface area contributed by atoms with Crippen LogP contribution in [-0.2, 0) is 16.6 Å². The van der Waals surface area contributed by atoms with Gasteiger partial charge in [-0.05, 0) is 12.1 Å². The number of aromatic nitrogens is 3. The Bertz CT molecular complexity index is 1350. The lowest BCUT2D eigenvalue weighted by molar-refractivity contribution is -0.117. The van der Waals surface area contributed by atoms with Gasteiger partial charge in [0.25, 0.3) is 5.56 Å². The molecular weight excluding hydrogens is 464 g/mol. The third kappa shape index (κ3) is 4.39. The van der Waals surface area contributed by atoms with Gasteiger partial charge in [-0.3, -0.25) is 14.2 Å². The van der Waals surface area contributed by atoms with Gasteiger partial charge in [-0.2, -0.15) is 4.98 Å². The molecule has 0 bridgehead atoms. The number of nitrogens with one attached hydrogen (secondary N) is 2. The van der Waals surface area contributed by atoms with Crippen molar-refractivity contribution >= 4 is 22.9 Å². The summed E-state index contributed by atoms with van der Waals surface area (Å²) in [4.78, 5) is 33.4. The summed E-state index contributed by atoms with van der Waals surface area (Å²) in [7, 11) is 3.89. The van der Waals surface area contributed by atoms with E-state index in [1.165, 1.54) is 44.2 Å². The molecule has 1 aliphatic rings. The zero-order valence-electron chi connectivity index (χ0n) is 19.2. The van der Waals surface area contributed by atoms with E-state index in [9.17, 15) is 9.59 Å². The number of benzene rings is 1. The molecule has 2 aromatic heterocycles. The SMILES string of the molecule is C=CC(=O)N[C@H]1COCC1Nc1ncc2cc(-c3c(F)c(OC)cc(OC)c3F)c(=O)n(C)c2n1. The summed E-state index contributed by atoms with van der Waals surface area (Å²) in [6.45, 7) is 4.03. The van der Waals surface area contributed by atoms with Crippen molar-refractivity contribution in [3.63, 3.8) is 0 Å². The van der Waals surface area contributed by atoms with Crippen LogP contribution in [0, 0.1) is 11.6 Å². The summed E-state index contributed by atoms with van der Waals surface area (Å²) >= 11 is 0. The highest BCUT2D eigenvalue weighted by atomic mass is 19.1. The van der Waals surface area contributed by atoms with Crippen molar-refractivity contribution in [1.29, 1.82) is 0 Å². The molecule has 1 saturated heterocycles. The normalized spacial score (nSPS) is 17.3. The summed E-state index contributed by atoms with van der Waals surface area (Å²) in [5.41, 5.74) is -1.27. The van der Waals surface area contributed by atoms with Crippen LogP contribution in [0.25, 0.3) is 22.2 Å². The number of pyridine rings is 1. The van der Waals surface area contributed by atoms with Crippen LogP contribution < -0.4 is 25.7 Å². The van der Waals surface area contributed by atoms with Crippen molar-refractivity contribution in [3.8, 4) is 22.6 Å². The summed E-state index contributed by atoms with van der Waals surface area (Å²) in [6.07, 6.45) is 2.59. The Morgan fingerprint density at radius 2 is 1.86 bits per heavy atom. The molecule has 1 aliphatic heterocycles. The average Bonchev–Trinajstić information content (AvgIpc) is 3.28. The van der Waals surface area contributed by atoms with Gasteiger partial charge in [0.2, 0.25) is 11.9 Å². The monoisotopic (exact) mass is 487 g/mol. The van der Waals surface area contributed by atoms with Crippen LogP contribution in [0.5, 0.6) is 11.5 Å². The Morgan fingerprint density at radius 3 is 2.49 bits per heavy atom. The topological polar surface area (TPSA) is 117 Å². The summed E-state index contributed by atoms with van der Waals surface area (Å²) in [5, 5.41) is 6.22. The van der Waals surface area contributed by atoms with Crippen LogP contribution >= 0.6 is 0 Å². The molecule has 10 nitrogen and oxygen atoms in total. The zero-order chi connectivity index (χ0) is 25.3. The minimum absolute atomic E-state index is 0.189. The molecule has 1 amide bonds. The molecule has 3 aromatic rings. The quantitative estimate of drug-likeness (QED) is 0.485. The molecule has 1 unspecified atom stereocenters. The van der Waals surface area contributed by atoms with Gasteiger partial charge >= 0.3 is 0 Å². The third-order valence-electron chi connectivity index (χ3n) is 5.70. The summed E-state index contributed by atoms with van der Waals surface area (Å²) < 4.78 is 46.6. The standard InChI is InChI=1S/C23H23F2N5O5/c1-5-17(31)27-13-9-35-10-14(13)28-23-26-8-11-6-12(22(32)30(2)21(11)29-23)18-19(24)15(33-3)7-16(34-4)20(18)25/h5-8,13-14H,1,9-10H2,2-4H3,(H,27,31)(H,26,28,29)/t13-,14?/m0/s1. The van der Waals surface area contributed by atoms with E-state index in [2.05, 4.69) is 27.2 Å². The van der Waals surface area contributed by atoms with Crippen LogP contribution in [0.15, 0.2) is 35.8 Å². The van der Waals surface area contributed by atoms with E-state index in [-0.39, 0.29) is 46.6 Å². The number of carbonyl (C=O) groups excluding carboxylic acids is 1. The zero-order valence-corrected chi connectivity index (χ0v) is 19.2. The van der Waals surface area contributed by atoms with Crippen molar-refractivity contribution in [2.75, 3.05) is 32.8 Å². The number of halogens is 2. The van der Waals surface area contributed by atoms with Gasteiger partial charge in [0.15, 0.2) is 23.1 Å². The van der Waals surface area contributed by atoms with Crippen LogP contribution in [0.2, 0.25) is 0 Å². The van der Waals surface area contributed by atoms with Crippen LogP contribution in [0.4, 0.5) is 14.7 Å². The Hall–Kier alpha value is -4.06. The third-order valence-corrected chi connectivity index (χ3v) is 5.70. The number of rotatable bonds is 7. The number of ether oxygens (including phenoxy) is 3. The molecule has 2 N–H and O–H groups in total. The van der Waals surface area contributed by atoms with Gasteiger partial charge in [0.05, 0.1) is 50.6 Å². The number of anilines is 1. The second-order valence-electron chi connectivity index (χ2n) is 7.79. The highest BCUT2D eigenvalue weighted by molar-refractivity contribution is 5.87. The molecule has 3 heterocycles. The van der Waals surface area contributed by atoms with Crippen LogP contribution in [-0.4, -0.2) is 60.0 Å². The number of nitrogens with zero attached hydrogens (tertiary/aromatic N) is 3. The van der Waals surface area contributed by atoms with Crippen molar-refractivity contribution < 1.29 is 27.8 Å². The van der Waals surface area contributed by atoms with Crippen molar-refractivity contribution in [3.05, 3.63) is 53.0 Å². The molecule has 0 saturated carbocycles. The largest absolute Gasteiger partial charge is 0.494 e. The highest BCUT2D eigenvalue weighted by Crippen LogP contribution is 2.37. The molecule has 12 heteroatoms. The summed E-state index contributed by atoms with van der Waals surface area (Å²) in [5.74, 6) is -2.75. The lowest BCUT2D eigenvalue weighted by atomic mass is 10.0. The Kier molecular flexibility index (Phi) is 6.65. The minimum atomic E-state index is -1.03. The summed E-state index contributed by atoms with van der Waals surface area (Å²) in [6, 6.07) is 1.73. The maximum absolute atomic E-state index is 15.0. The van der Waals surface area contributed by atoms with Gasteiger partial charge in [-0.25, -0.2) is 13.8 Å². The number of aryl methyl sites for hydroxylation is 1. The molecule has 2 atom stereocenters. The van der Waals surface area contributed by atoms with E-state index < -0.39 is 22.8 Å². The molecule has 1 aromatic carbocycles. The van der Waals surface area contributed by atoms with E-state index in [0.29, 0.717) is 18.6 Å². The lowest BCUT2D eigenvalue weighted by Crippen LogP contribution is -2.45. The Balaban J connectivity index is 1.75. The number of carbonyl (C=O) groups is 1. The van der Waals surface area contributed by atoms with E-state index >= 15 is 8.78 Å². The van der Waals surface area contributed by atoms with Crippen molar-refractivity contribution in [2.45, 2.75) is 12.1 Å². The number of hydrogen-bond acceptors (Lipinski definition) is 8. The van der Waals surface area contributed by atoms with Gasteiger partial charge in [0.1, 0.15) is 5.65 Å². The number of fused-ring (bicyclic) bond motifs is 1. The highest BCUT2D eigenvalue weighted by Gasteiger charge is 2.30. The Labute approximate surface area is 198 Å². The number of methoxy groups -OCH3 is 2. The fraction of sp³-hybridized carbons (Fsp3) is 0.304. The van der Waals surface area contributed by atoms with E-state index in [4.69, 9.17) is 14.2 Å². The van der Waals surface area contributed by atoms with Crippen LogP contribution in [0.1, 0.15) is 0 Å². The lowest BCUT2D eigenvalue weighted by Gasteiger charge is -2.20. The maximum atomic E-state index is 15.0. The second-order valence-corrected chi connectivity index (χ2v) is 7.79. The first-order valence-electron chi connectivity index (χ1n) is 10.5. The molecule has 35 heavy (non-hydrogen) atoms. The Morgan fingerprint density at radius 1 is 1.20 bits per heavy atom. The van der Waals surface area contributed by atoms with Gasteiger partial charge in [-0.1, -0.05) is 6.58 Å². The van der Waals surface area contributed by atoms with Gasteiger partial charge in [0, 0.05) is 24.7 Å². The first kappa shape index (κ1) is 24.1. The number of hydrogen-bond donors (Lipinski definition) is 2. The fourth-order valence-corrected chi connectivity index (χ4v) is 3.86. The predicted molar refractivity (Wildman–Crippen MR) is 124 cm³/mol. The molecule has 184 valence electrons. The molecule has 0 radical (unpaired) electrons. The van der Waals surface area contributed by atoms with Gasteiger partial charge < -0.3 is 24.8 Å². The van der Waals surface area contributed by atoms with Gasteiger partial charge in [-0.15, -0.1) is 0 Å². The smallest absolute Gasteiger partial charge is 0.260 e. The average molecular weight is 487 g/mol. The van der Waals surface area contributed by atoms with Crippen molar-refractivity contribution in [2.24, 2.45) is 7.05 Å². The molecule has 4 rings (SSSR count). The van der Waals surface area contributed by atoms with Crippen LogP contribution in [0.3, 0.4) is 0 Å². The first-order valence-corrected chi connectivity index (χ1v) is 10.5.